The van der Waals surface area contributed by atoms with Gasteiger partial charge in [0.2, 0.25) is 0 Å². The molecule has 0 N–H and O–H groups in total. The summed E-state index contributed by atoms with van der Waals surface area (Å²) in [5.74, 6) is 0. The average molecular weight is 259 g/mol. The zero-order chi connectivity index (χ0) is 21.3. The summed E-state index contributed by atoms with van der Waals surface area (Å²) in [4.78, 5) is 0. The van der Waals surface area contributed by atoms with E-state index in [4.69, 9.17) is 21.6 Å². The van der Waals surface area contributed by atoms with Crippen LogP contribution in [0.2, 0.25) is 0 Å². The van der Waals surface area contributed by atoms with Gasteiger partial charge < -0.3 is 9.31 Å². The van der Waals surface area contributed by atoms with E-state index in [9.17, 15) is 0 Å². The van der Waals surface area contributed by atoms with Gasteiger partial charge in [0.1, 0.15) is 0 Å². The molecule has 1 saturated heterocycles. The minimum Gasteiger partial charge on any atom is -0.399 e. The standard InChI is InChI=1S/C13H23BN2O2/c1-6-7-8-16-10-11(9-15-16)14-17-12(2,3)13(4,5)18-14/h9-10H,6-8H2,1-5H3/i1D3,6D2,7D2,8D2. The topological polar surface area (TPSA) is 36.3 Å². The Bertz CT molecular complexity index is 699. The third-order valence-electron chi connectivity index (χ3n) is 3.36. The van der Waals surface area contributed by atoms with Crippen molar-refractivity contribution < 1.29 is 21.6 Å². The molecule has 5 heteroatoms. The molecule has 0 bridgehead atoms. The fourth-order valence-electron chi connectivity index (χ4n) is 1.58. The SMILES string of the molecule is [2H]C([2H])([2H])C([2H])([2H])C([2H])([2H])C([2H])([2H])n1cc(B2OC(C)(C)C(C)(C)O2)cn1. The van der Waals surface area contributed by atoms with Crippen molar-refractivity contribution in [1.82, 2.24) is 9.78 Å². The number of nitrogens with zero attached hydrogens (tertiary/aromatic N) is 2. The molecule has 0 amide bonds. The van der Waals surface area contributed by atoms with E-state index in [1.54, 1.807) is 0 Å². The lowest BCUT2D eigenvalue weighted by atomic mass is 9.82. The lowest BCUT2D eigenvalue weighted by Crippen LogP contribution is -2.41. The van der Waals surface area contributed by atoms with Crippen molar-refractivity contribution in [2.75, 3.05) is 0 Å². The molecule has 1 aromatic rings. The molecule has 0 radical (unpaired) electrons. The van der Waals surface area contributed by atoms with Gasteiger partial charge >= 0.3 is 7.12 Å². The first-order chi connectivity index (χ1) is 11.8. The molecule has 1 aromatic heterocycles. The van der Waals surface area contributed by atoms with E-state index in [-0.39, 0.29) is 0 Å². The Morgan fingerprint density at radius 3 is 2.67 bits per heavy atom. The Kier molecular flexibility index (Phi) is 1.59. The second kappa shape index (κ2) is 4.70. The second-order valence-electron chi connectivity index (χ2n) is 5.17. The van der Waals surface area contributed by atoms with Crippen LogP contribution in [0.15, 0.2) is 12.4 Å². The number of aryl methyl sites for hydroxylation is 1. The van der Waals surface area contributed by atoms with Crippen LogP contribution in [0.1, 0.15) is 59.6 Å². The van der Waals surface area contributed by atoms with Gasteiger partial charge in [0.25, 0.3) is 0 Å². The highest BCUT2D eigenvalue weighted by atomic mass is 16.7. The first-order valence-corrected chi connectivity index (χ1v) is 5.69. The van der Waals surface area contributed by atoms with Crippen LogP contribution in [0, 0.1) is 0 Å². The first-order valence-electron chi connectivity index (χ1n) is 10.2. The van der Waals surface area contributed by atoms with Crippen LogP contribution in [-0.4, -0.2) is 28.1 Å². The minimum absolute atomic E-state index is 0.308. The Balaban J connectivity index is 2.38. The van der Waals surface area contributed by atoms with Crippen LogP contribution in [0.25, 0.3) is 0 Å². The third-order valence-corrected chi connectivity index (χ3v) is 3.36. The summed E-state index contributed by atoms with van der Waals surface area (Å²) in [5, 5.41) is 3.78. The molecular weight excluding hydrogens is 227 g/mol. The zero-order valence-corrected chi connectivity index (χ0v) is 10.9. The van der Waals surface area contributed by atoms with Gasteiger partial charge in [-0.2, -0.15) is 5.10 Å². The van der Waals surface area contributed by atoms with Crippen LogP contribution in [0.5, 0.6) is 0 Å². The average Bonchev–Trinajstić information content (AvgIpc) is 3.01. The van der Waals surface area contributed by atoms with Crippen LogP contribution in [0.4, 0.5) is 0 Å². The lowest BCUT2D eigenvalue weighted by Gasteiger charge is -2.32. The second-order valence-corrected chi connectivity index (χ2v) is 5.17. The number of hydrogen-bond donors (Lipinski definition) is 0. The van der Waals surface area contributed by atoms with Crippen molar-refractivity contribution in [3.63, 3.8) is 0 Å². The van der Waals surface area contributed by atoms with Gasteiger partial charge in [-0.05, 0) is 34.1 Å². The highest BCUT2D eigenvalue weighted by Gasteiger charge is 2.52. The normalized spacial score (nSPS) is 32.0. The van der Waals surface area contributed by atoms with Gasteiger partial charge in [0.15, 0.2) is 0 Å². The summed E-state index contributed by atoms with van der Waals surface area (Å²) in [6.07, 6.45) is -4.51. The molecule has 2 rings (SSSR count). The van der Waals surface area contributed by atoms with Gasteiger partial charge in [0, 0.05) is 33.9 Å². The quantitative estimate of drug-likeness (QED) is 0.776. The largest absolute Gasteiger partial charge is 0.498 e. The van der Waals surface area contributed by atoms with Crippen molar-refractivity contribution in [3.05, 3.63) is 12.4 Å². The van der Waals surface area contributed by atoms with Crippen molar-refractivity contribution in [3.8, 4) is 0 Å². The van der Waals surface area contributed by atoms with Gasteiger partial charge in [-0.3, -0.25) is 4.68 Å². The van der Waals surface area contributed by atoms with E-state index in [2.05, 4.69) is 5.10 Å². The fraction of sp³-hybridized carbons (Fsp3) is 0.769. The Hall–Kier alpha value is -0.805. The number of aromatic nitrogens is 2. The zero-order valence-electron chi connectivity index (χ0n) is 19.9. The van der Waals surface area contributed by atoms with E-state index in [0.717, 1.165) is 6.20 Å². The third kappa shape index (κ3) is 2.47. The van der Waals surface area contributed by atoms with Crippen LogP contribution in [-0.2, 0) is 15.8 Å². The van der Waals surface area contributed by atoms with E-state index in [1.165, 1.54) is 6.20 Å². The maximum atomic E-state index is 8.07. The van der Waals surface area contributed by atoms with Crippen molar-refractivity contribution in [2.24, 2.45) is 0 Å². The molecule has 1 aliphatic heterocycles. The van der Waals surface area contributed by atoms with Crippen LogP contribution >= 0.6 is 0 Å². The number of hydrogen-bond acceptors (Lipinski definition) is 3. The van der Waals surface area contributed by atoms with Gasteiger partial charge in [-0.15, -0.1) is 0 Å². The van der Waals surface area contributed by atoms with Gasteiger partial charge in [-0.1, -0.05) is 13.2 Å². The van der Waals surface area contributed by atoms with Gasteiger partial charge in [0.05, 0.1) is 13.9 Å². The van der Waals surface area contributed by atoms with E-state index in [1.807, 2.05) is 27.7 Å². The molecule has 0 saturated carbocycles. The first kappa shape index (κ1) is 6.10. The predicted molar refractivity (Wildman–Crippen MR) is 72.9 cm³/mol. The highest BCUT2D eigenvalue weighted by Crippen LogP contribution is 2.36. The molecule has 100 valence electrons. The summed E-state index contributed by atoms with van der Waals surface area (Å²) in [5.41, 5.74) is -0.985. The molecule has 18 heavy (non-hydrogen) atoms. The smallest absolute Gasteiger partial charge is 0.399 e. The number of rotatable bonds is 4. The molecule has 0 atom stereocenters. The van der Waals surface area contributed by atoms with Crippen LogP contribution in [0.3, 0.4) is 0 Å². The molecule has 0 unspecified atom stereocenters. The molecular formula is C13H23BN2O2. The molecule has 0 aliphatic carbocycles. The maximum Gasteiger partial charge on any atom is 0.498 e. The summed E-state index contributed by atoms with van der Waals surface area (Å²) >= 11 is 0. The van der Waals surface area contributed by atoms with Crippen molar-refractivity contribution in [2.45, 2.75) is 65.0 Å². The lowest BCUT2D eigenvalue weighted by molar-refractivity contribution is 0.00578. The van der Waals surface area contributed by atoms with Gasteiger partial charge in [-0.25, -0.2) is 0 Å². The minimum atomic E-state index is -3.46. The highest BCUT2D eigenvalue weighted by molar-refractivity contribution is 6.61. The molecule has 2 heterocycles. The Labute approximate surface area is 122 Å². The maximum absolute atomic E-state index is 8.07. The summed E-state index contributed by atoms with van der Waals surface area (Å²) in [6, 6.07) is 0. The van der Waals surface area contributed by atoms with E-state index < -0.39 is 44.4 Å². The molecule has 0 aromatic carbocycles. The Morgan fingerprint density at radius 2 is 2.06 bits per heavy atom. The molecule has 1 aliphatic rings. The summed E-state index contributed by atoms with van der Waals surface area (Å²) < 4.78 is 81.2. The van der Waals surface area contributed by atoms with Crippen molar-refractivity contribution >= 4 is 12.6 Å². The van der Waals surface area contributed by atoms with E-state index >= 15 is 0 Å². The predicted octanol–water partition coefficient (Wildman–Crippen LogP) is 1.98. The molecule has 4 nitrogen and oxygen atoms in total. The molecule has 0 spiro atoms. The monoisotopic (exact) mass is 259 g/mol. The summed E-state index contributed by atoms with van der Waals surface area (Å²) in [7, 11) is -0.871. The van der Waals surface area contributed by atoms with E-state index in [0.29, 0.717) is 10.1 Å². The summed E-state index contributed by atoms with van der Waals surface area (Å²) in [6.45, 7) is 0.874. The van der Waals surface area contributed by atoms with Crippen molar-refractivity contribution in [1.29, 1.82) is 0 Å². The van der Waals surface area contributed by atoms with Crippen LogP contribution < -0.4 is 5.46 Å². The molecule has 1 fully saturated rings. The fourth-order valence-corrected chi connectivity index (χ4v) is 1.58. The Morgan fingerprint density at radius 1 is 1.39 bits per heavy atom.